The van der Waals surface area contributed by atoms with Gasteiger partial charge in [0.2, 0.25) is 0 Å². The zero-order valence-corrected chi connectivity index (χ0v) is 10.2. The van der Waals surface area contributed by atoms with Crippen LogP contribution in [0.3, 0.4) is 0 Å². The lowest BCUT2D eigenvalue weighted by atomic mass is 10.0. The molecule has 0 spiro atoms. The maximum Gasteiger partial charge on any atom is 0.255 e. The van der Waals surface area contributed by atoms with Gasteiger partial charge in [0.15, 0.2) is 0 Å². The largest absolute Gasteiger partial charge is 0.356 e. The molecule has 1 fully saturated rings. The van der Waals surface area contributed by atoms with Crippen LogP contribution in [0.2, 0.25) is 0 Å². The van der Waals surface area contributed by atoms with Crippen LogP contribution in [0.1, 0.15) is 0 Å². The summed E-state index contributed by atoms with van der Waals surface area (Å²) in [5, 5.41) is 4.19. The highest BCUT2D eigenvalue weighted by Gasteiger charge is 2.28. The molecule has 0 bridgehead atoms. The van der Waals surface area contributed by atoms with Crippen LogP contribution < -0.4 is 10.5 Å². The number of anilines is 1. The molecule has 0 unspecified atom stereocenters. The van der Waals surface area contributed by atoms with Crippen molar-refractivity contribution in [2.24, 2.45) is 13.0 Å². The molecule has 6 heteroatoms. The molecule has 0 N–H and O–H groups in total. The van der Waals surface area contributed by atoms with Crippen LogP contribution in [-0.2, 0) is 13.6 Å². The van der Waals surface area contributed by atoms with E-state index in [2.05, 4.69) is 15.0 Å². The molecule has 1 saturated heterocycles. The van der Waals surface area contributed by atoms with Crippen molar-refractivity contribution in [3.8, 4) is 0 Å². The summed E-state index contributed by atoms with van der Waals surface area (Å²) in [5.74, 6) is 1.35. The topological polar surface area (TPSA) is 56.0 Å². The lowest BCUT2D eigenvalue weighted by Gasteiger charge is -2.40. The van der Waals surface area contributed by atoms with Crippen LogP contribution in [0.5, 0.6) is 0 Å². The minimum atomic E-state index is -0.0180. The second-order valence-corrected chi connectivity index (χ2v) is 4.70. The number of aromatic nitrogens is 4. The molecule has 0 aliphatic carbocycles. The smallest absolute Gasteiger partial charge is 0.255 e. The van der Waals surface area contributed by atoms with Crippen LogP contribution in [-0.4, -0.2) is 32.4 Å². The fourth-order valence-corrected chi connectivity index (χ4v) is 2.17. The SMILES string of the molecule is Cn1cnc(N2CC(Cn3cccn3)C2)cc1=O. The highest BCUT2D eigenvalue weighted by molar-refractivity contribution is 5.39. The summed E-state index contributed by atoms with van der Waals surface area (Å²) in [5.41, 5.74) is -0.0180. The van der Waals surface area contributed by atoms with Gasteiger partial charge in [0.1, 0.15) is 5.82 Å². The number of aryl methyl sites for hydroxylation is 1. The van der Waals surface area contributed by atoms with Crippen molar-refractivity contribution in [3.05, 3.63) is 41.2 Å². The van der Waals surface area contributed by atoms with E-state index >= 15 is 0 Å². The van der Waals surface area contributed by atoms with Crippen molar-refractivity contribution in [2.45, 2.75) is 6.54 Å². The third kappa shape index (κ3) is 2.01. The Hall–Kier alpha value is -2.11. The molecule has 6 nitrogen and oxygen atoms in total. The van der Waals surface area contributed by atoms with Gasteiger partial charge >= 0.3 is 0 Å². The first-order chi connectivity index (χ1) is 8.72. The Bertz CT molecular complexity index is 583. The van der Waals surface area contributed by atoms with E-state index in [1.54, 1.807) is 25.6 Å². The van der Waals surface area contributed by atoms with E-state index in [-0.39, 0.29) is 5.56 Å². The van der Waals surface area contributed by atoms with E-state index in [4.69, 9.17) is 0 Å². The fourth-order valence-electron chi connectivity index (χ4n) is 2.17. The standard InChI is InChI=1S/C12H15N5O/c1-15-9-13-11(5-12(15)18)16-6-10(7-16)8-17-4-2-3-14-17/h2-5,9-10H,6-8H2,1H3. The van der Waals surface area contributed by atoms with Crippen molar-refractivity contribution in [1.29, 1.82) is 0 Å². The van der Waals surface area contributed by atoms with Gasteiger partial charge in [0.05, 0.1) is 6.33 Å². The van der Waals surface area contributed by atoms with Gasteiger partial charge in [-0.05, 0) is 6.07 Å². The number of nitrogens with zero attached hydrogens (tertiary/aromatic N) is 5. The third-order valence-corrected chi connectivity index (χ3v) is 3.25. The molecule has 0 saturated carbocycles. The Morgan fingerprint density at radius 2 is 2.28 bits per heavy atom. The maximum absolute atomic E-state index is 11.5. The van der Waals surface area contributed by atoms with E-state index in [1.165, 1.54) is 4.57 Å². The van der Waals surface area contributed by atoms with Gasteiger partial charge in [-0.1, -0.05) is 0 Å². The Balaban J connectivity index is 1.61. The first-order valence-electron chi connectivity index (χ1n) is 5.97. The predicted octanol–water partition coefficient (Wildman–Crippen LogP) is 0.113. The van der Waals surface area contributed by atoms with Crippen molar-refractivity contribution in [3.63, 3.8) is 0 Å². The lowest BCUT2D eigenvalue weighted by molar-refractivity contribution is 0.340. The van der Waals surface area contributed by atoms with Crippen molar-refractivity contribution in [2.75, 3.05) is 18.0 Å². The Morgan fingerprint density at radius 1 is 1.44 bits per heavy atom. The van der Waals surface area contributed by atoms with Gasteiger partial charge in [-0.2, -0.15) is 5.10 Å². The fraction of sp³-hybridized carbons (Fsp3) is 0.417. The van der Waals surface area contributed by atoms with E-state index in [1.807, 2.05) is 16.9 Å². The summed E-state index contributed by atoms with van der Waals surface area (Å²) >= 11 is 0. The average molecular weight is 245 g/mol. The quantitative estimate of drug-likeness (QED) is 0.770. The molecule has 1 aliphatic heterocycles. The van der Waals surface area contributed by atoms with Crippen molar-refractivity contribution in [1.82, 2.24) is 19.3 Å². The Labute approximate surface area is 104 Å². The predicted molar refractivity (Wildman–Crippen MR) is 67.4 cm³/mol. The van der Waals surface area contributed by atoms with Gasteiger partial charge in [-0.15, -0.1) is 0 Å². The Kier molecular flexibility index (Phi) is 2.62. The van der Waals surface area contributed by atoms with Crippen molar-refractivity contribution >= 4 is 5.82 Å². The van der Waals surface area contributed by atoms with Crippen LogP contribution in [0.4, 0.5) is 5.82 Å². The van der Waals surface area contributed by atoms with Gasteiger partial charge < -0.3 is 9.47 Å². The summed E-state index contributed by atoms with van der Waals surface area (Å²) in [4.78, 5) is 17.9. The monoisotopic (exact) mass is 245 g/mol. The third-order valence-electron chi connectivity index (χ3n) is 3.25. The van der Waals surface area contributed by atoms with Crippen LogP contribution in [0, 0.1) is 5.92 Å². The molecule has 18 heavy (non-hydrogen) atoms. The number of hydrogen-bond acceptors (Lipinski definition) is 4. The average Bonchev–Trinajstić information content (AvgIpc) is 2.80. The summed E-state index contributed by atoms with van der Waals surface area (Å²) in [6, 6.07) is 3.52. The number of rotatable bonds is 3. The molecule has 2 aromatic heterocycles. The molecule has 0 radical (unpaired) electrons. The van der Waals surface area contributed by atoms with E-state index < -0.39 is 0 Å². The molecule has 3 rings (SSSR count). The Morgan fingerprint density at radius 3 is 2.94 bits per heavy atom. The second-order valence-electron chi connectivity index (χ2n) is 4.70. The van der Waals surface area contributed by atoms with Crippen molar-refractivity contribution < 1.29 is 0 Å². The van der Waals surface area contributed by atoms with Crippen LogP contribution in [0.15, 0.2) is 35.6 Å². The zero-order valence-electron chi connectivity index (χ0n) is 10.2. The minimum Gasteiger partial charge on any atom is -0.356 e. The maximum atomic E-state index is 11.5. The zero-order chi connectivity index (χ0) is 12.5. The summed E-state index contributed by atoms with van der Waals surface area (Å²) in [7, 11) is 1.70. The van der Waals surface area contributed by atoms with E-state index in [9.17, 15) is 4.79 Å². The first kappa shape index (κ1) is 11.0. The normalized spacial score (nSPS) is 15.7. The molecule has 0 atom stereocenters. The molecular formula is C12H15N5O. The molecule has 1 aliphatic rings. The second kappa shape index (κ2) is 4.29. The van der Waals surface area contributed by atoms with E-state index in [0.29, 0.717) is 5.92 Å². The van der Waals surface area contributed by atoms with Gasteiger partial charge in [-0.3, -0.25) is 9.48 Å². The first-order valence-corrected chi connectivity index (χ1v) is 5.97. The summed E-state index contributed by atoms with van der Waals surface area (Å²) in [6.07, 6.45) is 5.33. The molecular weight excluding hydrogens is 230 g/mol. The summed E-state index contributed by atoms with van der Waals surface area (Å²) in [6.45, 7) is 2.79. The number of hydrogen-bond donors (Lipinski definition) is 0. The minimum absolute atomic E-state index is 0.0180. The lowest BCUT2D eigenvalue weighted by Crippen LogP contribution is -2.49. The molecule has 0 amide bonds. The highest BCUT2D eigenvalue weighted by Crippen LogP contribution is 2.22. The van der Waals surface area contributed by atoms with Gasteiger partial charge in [-0.25, -0.2) is 4.98 Å². The van der Waals surface area contributed by atoms with E-state index in [0.717, 1.165) is 25.5 Å². The molecule has 3 heterocycles. The highest BCUT2D eigenvalue weighted by atomic mass is 16.1. The van der Waals surface area contributed by atoms with Crippen LogP contribution >= 0.6 is 0 Å². The molecule has 2 aromatic rings. The molecule has 0 aromatic carbocycles. The van der Waals surface area contributed by atoms with Gasteiger partial charge in [0.25, 0.3) is 5.56 Å². The van der Waals surface area contributed by atoms with Crippen LogP contribution in [0.25, 0.3) is 0 Å². The van der Waals surface area contributed by atoms with Gasteiger partial charge in [0, 0.05) is 51.1 Å². The molecule has 94 valence electrons. The summed E-state index contributed by atoms with van der Waals surface area (Å²) < 4.78 is 3.42.